The Balaban J connectivity index is 2.26. The maximum Gasteiger partial charge on any atom is 0.504 e. The lowest BCUT2D eigenvalue weighted by Crippen LogP contribution is -2.38. The van der Waals surface area contributed by atoms with Crippen LogP contribution in [0.25, 0.3) is 0 Å². The molecule has 0 N–H and O–H groups in total. The van der Waals surface area contributed by atoms with Gasteiger partial charge < -0.3 is 0 Å². The van der Waals surface area contributed by atoms with Crippen LogP contribution in [0.4, 0.5) is 0 Å². The van der Waals surface area contributed by atoms with Gasteiger partial charge in [-0.15, -0.1) is 0 Å². The Morgan fingerprint density at radius 3 is 2.75 bits per heavy atom. The molecule has 0 aliphatic carbocycles. The van der Waals surface area contributed by atoms with E-state index in [2.05, 4.69) is 18.5 Å². The Morgan fingerprint density at radius 1 is 1.42 bits per heavy atom. The highest BCUT2D eigenvalue weighted by molar-refractivity contribution is 7.59. The molecule has 2 fully saturated rings. The fourth-order valence-corrected chi connectivity index (χ4v) is 4.29. The van der Waals surface area contributed by atoms with Gasteiger partial charge in [-0.05, 0) is 13.8 Å². The first kappa shape index (κ1) is 8.85. The van der Waals surface area contributed by atoms with Crippen molar-refractivity contribution in [1.82, 2.24) is 4.67 Å². The van der Waals surface area contributed by atoms with Crippen molar-refractivity contribution in [1.29, 1.82) is 0 Å². The lowest BCUT2D eigenvalue weighted by molar-refractivity contribution is 0.178. The molecule has 0 aromatic carbocycles. The summed E-state index contributed by atoms with van der Waals surface area (Å²) < 4.78 is 18.7. The van der Waals surface area contributed by atoms with Gasteiger partial charge in [0, 0.05) is 0 Å². The van der Waals surface area contributed by atoms with Crippen LogP contribution in [0, 0.1) is 0 Å². The van der Waals surface area contributed by atoms with Crippen molar-refractivity contribution in [2.75, 3.05) is 26.9 Å². The predicted octanol–water partition coefficient (Wildman–Crippen LogP) is 1.45. The van der Waals surface area contributed by atoms with Gasteiger partial charge in [0.25, 0.3) is 0 Å². The number of hydrogen-bond acceptors (Lipinski definition) is 4. The van der Waals surface area contributed by atoms with Crippen molar-refractivity contribution in [3.63, 3.8) is 0 Å². The van der Waals surface area contributed by atoms with E-state index in [9.17, 15) is 0 Å². The largest absolute Gasteiger partial charge is 0.504 e. The van der Waals surface area contributed by atoms with Crippen LogP contribution in [0.5, 0.6) is 0 Å². The lowest BCUT2D eigenvalue weighted by Gasteiger charge is -2.22. The molecular formula is C7H15NO3P+. The number of hydrogen-bond donors (Lipinski definition) is 0. The van der Waals surface area contributed by atoms with E-state index >= 15 is 0 Å². The molecule has 2 aliphatic rings. The molecule has 70 valence electrons. The second-order valence-electron chi connectivity index (χ2n) is 3.69. The molecule has 1 atom stereocenters. The zero-order valence-corrected chi connectivity index (χ0v) is 8.63. The van der Waals surface area contributed by atoms with Gasteiger partial charge in [0.2, 0.25) is 0 Å². The maximum atomic E-state index is 5.62. The van der Waals surface area contributed by atoms with E-state index in [1.165, 1.54) is 0 Å². The quantitative estimate of drug-likeness (QED) is 0.588. The van der Waals surface area contributed by atoms with E-state index in [-0.39, 0.29) is 5.54 Å². The van der Waals surface area contributed by atoms with Crippen molar-refractivity contribution >= 4 is 8.09 Å². The average Bonchev–Trinajstić information content (AvgIpc) is 2.53. The summed E-state index contributed by atoms with van der Waals surface area (Å²) in [7, 11) is -0.417. The second-order valence-corrected chi connectivity index (χ2v) is 5.99. The normalized spacial score (nSPS) is 40.2. The third kappa shape index (κ3) is 1.03. The van der Waals surface area contributed by atoms with Gasteiger partial charge >= 0.3 is 8.09 Å². The van der Waals surface area contributed by atoms with Gasteiger partial charge in [-0.25, -0.2) is 0 Å². The molecule has 2 heterocycles. The SMILES string of the molecule is CO[P+]12OCCN1C(C)(C)CO2. The predicted molar refractivity (Wildman–Crippen MR) is 46.6 cm³/mol. The summed E-state index contributed by atoms with van der Waals surface area (Å²) in [6.07, 6.45) is 0. The van der Waals surface area contributed by atoms with Gasteiger partial charge in [0.05, 0.1) is 19.2 Å². The first-order valence-electron chi connectivity index (χ1n) is 4.13. The van der Waals surface area contributed by atoms with E-state index < -0.39 is 8.09 Å². The Bertz CT molecular complexity index is 199. The van der Waals surface area contributed by atoms with Crippen molar-refractivity contribution in [2.24, 2.45) is 0 Å². The Morgan fingerprint density at radius 2 is 2.17 bits per heavy atom. The van der Waals surface area contributed by atoms with Gasteiger partial charge in [-0.1, -0.05) is 4.67 Å². The van der Waals surface area contributed by atoms with Gasteiger partial charge in [0.15, 0.2) is 0 Å². The van der Waals surface area contributed by atoms with Crippen LogP contribution < -0.4 is 0 Å². The summed E-state index contributed by atoms with van der Waals surface area (Å²) in [6, 6.07) is 0. The summed E-state index contributed by atoms with van der Waals surface area (Å²) in [4.78, 5) is 0. The topological polar surface area (TPSA) is 30.9 Å². The van der Waals surface area contributed by atoms with Crippen LogP contribution in [-0.2, 0) is 13.6 Å². The molecule has 0 saturated carbocycles. The molecule has 2 rings (SSSR count). The highest BCUT2D eigenvalue weighted by atomic mass is 31.2. The molecule has 0 radical (unpaired) electrons. The molecule has 2 aliphatic heterocycles. The van der Waals surface area contributed by atoms with Crippen LogP contribution in [0.3, 0.4) is 0 Å². The highest BCUT2D eigenvalue weighted by Crippen LogP contribution is 2.73. The van der Waals surface area contributed by atoms with Crippen molar-refractivity contribution in [2.45, 2.75) is 19.4 Å². The summed E-state index contributed by atoms with van der Waals surface area (Å²) in [5.41, 5.74) is 0.0697. The van der Waals surface area contributed by atoms with Crippen molar-refractivity contribution < 1.29 is 13.6 Å². The van der Waals surface area contributed by atoms with Gasteiger partial charge in [-0.3, -0.25) is 0 Å². The number of nitrogens with zero attached hydrogens (tertiary/aromatic N) is 1. The fourth-order valence-electron chi connectivity index (χ4n) is 1.69. The first-order valence-corrected chi connectivity index (χ1v) is 5.62. The molecule has 0 aromatic rings. The van der Waals surface area contributed by atoms with Crippen LogP contribution in [-0.4, -0.2) is 37.1 Å². The minimum atomic E-state index is -2.08. The zero-order chi connectivity index (χ0) is 8.82. The van der Waals surface area contributed by atoms with Crippen LogP contribution in [0.2, 0.25) is 0 Å². The first-order chi connectivity index (χ1) is 5.61. The van der Waals surface area contributed by atoms with Gasteiger partial charge in [-0.2, -0.15) is 13.6 Å². The summed E-state index contributed by atoms with van der Waals surface area (Å²) in [5.74, 6) is 0. The number of rotatable bonds is 1. The molecule has 5 heteroatoms. The Labute approximate surface area is 73.4 Å². The second kappa shape index (κ2) is 2.63. The molecule has 12 heavy (non-hydrogen) atoms. The van der Waals surface area contributed by atoms with Gasteiger partial charge in [0.1, 0.15) is 13.2 Å². The highest BCUT2D eigenvalue weighted by Gasteiger charge is 2.67. The summed E-state index contributed by atoms with van der Waals surface area (Å²) >= 11 is 0. The smallest absolute Gasteiger partial charge is 0.166 e. The molecule has 0 spiro atoms. The third-order valence-electron chi connectivity index (χ3n) is 2.36. The maximum absolute atomic E-state index is 5.62. The molecule has 2 saturated heterocycles. The third-order valence-corrected chi connectivity index (χ3v) is 5.12. The van der Waals surface area contributed by atoms with E-state index in [1.807, 2.05) is 0 Å². The number of fused-ring (bicyclic) bond motifs is 1. The minimum Gasteiger partial charge on any atom is -0.166 e. The molecular weight excluding hydrogens is 177 g/mol. The fraction of sp³-hybridized carbons (Fsp3) is 1.00. The molecule has 4 nitrogen and oxygen atoms in total. The monoisotopic (exact) mass is 192 g/mol. The standard InChI is InChI=1S/C7H15NO3P/c1-7(2)6-11-12(9-3)8(7)4-5-10-12/h4-6H2,1-3H3/q+1. The van der Waals surface area contributed by atoms with Crippen LogP contribution in [0.1, 0.15) is 13.8 Å². The summed E-state index contributed by atoms with van der Waals surface area (Å²) in [6.45, 7) is 6.67. The van der Waals surface area contributed by atoms with Crippen LogP contribution in [0.15, 0.2) is 0 Å². The molecule has 0 bridgehead atoms. The van der Waals surface area contributed by atoms with Crippen molar-refractivity contribution in [3.8, 4) is 0 Å². The van der Waals surface area contributed by atoms with Crippen molar-refractivity contribution in [3.05, 3.63) is 0 Å². The zero-order valence-electron chi connectivity index (χ0n) is 7.74. The minimum absolute atomic E-state index is 0.0697. The van der Waals surface area contributed by atoms with E-state index in [0.29, 0.717) is 6.61 Å². The Kier molecular flexibility index (Phi) is 1.94. The summed E-state index contributed by atoms with van der Waals surface area (Å²) in [5, 5.41) is 0. The van der Waals surface area contributed by atoms with E-state index in [1.54, 1.807) is 7.11 Å². The lowest BCUT2D eigenvalue weighted by atomic mass is 10.1. The Hall–Kier alpha value is 0.270. The van der Waals surface area contributed by atoms with Crippen LogP contribution >= 0.6 is 8.09 Å². The van der Waals surface area contributed by atoms with E-state index in [0.717, 1.165) is 13.2 Å². The molecule has 1 unspecified atom stereocenters. The molecule has 0 amide bonds. The van der Waals surface area contributed by atoms with E-state index in [4.69, 9.17) is 13.6 Å². The average molecular weight is 192 g/mol. The molecule has 0 aromatic heterocycles.